The fourth-order valence-electron chi connectivity index (χ4n) is 3.87. The molecule has 1 heterocycles. The van der Waals surface area contributed by atoms with E-state index in [9.17, 15) is 0 Å². The van der Waals surface area contributed by atoms with Crippen LogP contribution in [0, 0.1) is 48.5 Å². The molecule has 0 atom stereocenters. The molecule has 0 unspecified atom stereocenters. The van der Waals surface area contributed by atoms with Crippen molar-refractivity contribution in [2.75, 3.05) is 0 Å². The number of rotatable bonds is 4. The first-order valence-electron chi connectivity index (χ1n) is 9.95. The van der Waals surface area contributed by atoms with Gasteiger partial charge in [-0.15, -0.1) is 0 Å². The number of hydrogen-bond donors (Lipinski definition) is 0. The maximum absolute atomic E-state index is 4.72. The third kappa shape index (κ3) is 8.92. The first-order valence-corrected chi connectivity index (χ1v) is 9.95. The maximum Gasteiger partial charge on any atom is 0.0823 e. The molecule has 33 heavy (non-hydrogen) atoms. The van der Waals surface area contributed by atoms with E-state index in [4.69, 9.17) is 15.0 Å². The Morgan fingerprint density at radius 3 is 1.09 bits per heavy atom. The van der Waals surface area contributed by atoms with Gasteiger partial charge in [0.25, 0.3) is 0 Å². The quantitative estimate of drug-likeness (QED) is 0.345. The molecule has 0 aliphatic rings. The van der Waals surface area contributed by atoms with Crippen molar-refractivity contribution in [2.45, 2.75) is 48.5 Å². The van der Waals surface area contributed by atoms with Crippen LogP contribution in [0.4, 0.5) is 11.4 Å². The second-order valence-corrected chi connectivity index (χ2v) is 8.01. The van der Waals surface area contributed by atoms with Gasteiger partial charge in [0.05, 0.1) is 35.2 Å². The SMILES string of the molecule is Cc1cc(C=Nc2c(C)cc(C)cc2C)nc(C=Nc2c(C)cc(C)cc2C)c1.[Cl-].[Cl-].[Cl-].[V]. The van der Waals surface area contributed by atoms with Crippen LogP contribution in [-0.2, 0) is 18.6 Å². The average Bonchev–Trinajstić information content (AvgIpc) is 2.59. The molecule has 0 aliphatic carbocycles. The fraction of sp³-hybridized carbons (Fsp3) is 0.269. The Hall–Kier alpha value is -1.62. The molecule has 3 nitrogen and oxygen atoms in total. The summed E-state index contributed by atoms with van der Waals surface area (Å²) in [6.07, 6.45) is 3.69. The van der Waals surface area contributed by atoms with Crippen LogP contribution in [0.1, 0.15) is 50.3 Å². The number of aryl methyl sites for hydroxylation is 7. The van der Waals surface area contributed by atoms with Gasteiger partial charge in [-0.3, -0.25) is 9.98 Å². The first-order chi connectivity index (χ1) is 13.7. The number of aromatic nitrogens is 1. The Labute approximate surface area is 228 Å². The van der Waals surface area contributed by atoms with Gasteiger partial charge >= 0.3 is 0 Å². The molecule has 1 radical (unpaired) electrons. The second kappa shape index (κ2) is 14.6. The minimum atomic E-state index is 0. The summed E-state index contributed by atoms with van der Waals surface area (Å²) in [5.74, 6) is 0. The Balaban J connectivity index is 0. The number of nitrogens with zero attached hydrogens (tertiary/aromatic N) is 3. The second-order valence-electron chi connectivity index (χ2n) is 8.01. The van der Waals surface area contributed by atoms with E-state index in [1.54, 1.807) is 0 Å². The topological polar surface area (TPSA) is 37.6 Å². The van der Waals surface area contributed by atoms with Gasteiger partial charge in [0, 0.05) is 18.6 Å². The normalized spacial score (nSPS) is 10.3. The van der Waals surface area contributed by atoms with Gasteiger partial charge in [-0.2, -0.15) is 0 Å². The molecule has 1 aromatic heterocycles. The van der Waals surface area contributed by atoms with Crippen LogP contribution in [0.25, 0.3) is 0 Å². The molecular formula is C26H29Cl3N3V-3. The van der Waals surface area contributed by atoms with E-state index in [0.29, 0.717) is 0 Å². The largest absolute Gasteiger partial charge is 1.00 e. The van der Waals surface area contributed by atoms with Gasteiger partial charge in [0.2, 0.25) is 0 Å². The van der Waals surface area contributed by atoms with E-state index in [-0.39, 0.29) is 55.8 Å². The zero-order chi connectivity index (χ0) is 21.1. The number of halogens is 3. The Bertz CT molecular complexity index is 1010. The summed E-state index contributed by atoms with van der Waals surface area (Å²) in [6.45, 7) is 14.7. The van der Waals surface area contributed by atoms with Crippen molar-refractivity contribution in [1.82, 2.24) is 4.98 Å². The maximum atomic E-state index is 4.72. The average molecular weight is 541 g/mol. The van der Waals surface area contributed by atoms with Crippen molar-refractivity contribution in [3.63, 3.8) is 0 Å². The summed E-state index contributed by atoms with van der Waals surface area (Å²) < 4.78 is 0. The van der Waals surface area contributed by atoms with E-state index >= 15 is 0 Å². The van der Waals surface area contributed by atoms with Crippen LogP contribution in [0.2, 0.25) is 0 Å². The number of aliphatic imine (C=N–C) groups is 2. The summed E-state index contributed by atoms with van der Waals surface area (Å²) in [7, 11) is 0. The molecule has 0 amide bonds. The van der Waals surface area contributed by atoms with Crippen LogP contribution >= 0.6 is 0 Å². The van der Waals surface area contributed by atoms with Crippen LogP contribution in [-0.4, -0.2) is 17.4 Å². The Kier molecular flexibility index (Phi) is 14.9. The summed E-state index contributed by atoms with van der Waals surface area (Å²) in [4.78, 5) is 14.2. The molecule has 3 rings (SSSR count). The molecule has 0 saturated heterocycles. The van der Waals surface area contributed by atoms with Crippen LogP contribution < -0.4 is 37.2 Å². The standard InChI is InChI=1S/C26H29N3.3ClH.V/c1-16-8-19(4)25(20(5)9-16)27-14-23-12-18(3)13-24(29-23)15-28-26-21(6)10-17(2)11-22(26)7;;;;/h8-15H,1-7H3;3*1H;/p-3. The van der Waals surface area contributed by atoms with Gasteiger partial charge in [-0.25, -0.2) is 4.98 Å². The molecule has 0 aliphatic heterocycles. The zero-order valence-corrected chi connectivity index (χ0v) is 23.7. The van der Waals surface area contributed by atoms with Gasteiger partial charge in [0.15, 0.2) is 0 Å². The van der Waals surface area contributed by atoms with E-state index in [0.717, 1.165) is 28.3 Å². The Morgan fingerprint density at radius 2 is 0.788 bits per heavy atom. The molecule has 7 heteroatoms. The third-order valence-corrected chi connectivity index (χ3v) is 4.93. The molecule has 0 N–H and O–H groups in total. The summed E-state index contributed by atoms with van der Waals surface area (Å²) in [5, 5.41) is 0. The van der Waals surface area contributed by atoms with Gasteiger partial charge in [-0.05, 0) is 88.4 Å². The summed E-state index contributed by atoms with van der Waals surface area (Å²) >= 11 is 0. The van der Waals surface area contributed by atoms with Crippen molar-refractivity contribution in [3.8, 4) is 0 Å². The monoisotopic (exact) mass is 539 g/mol. The molecule has 3 aromatic rings. The number of hydrogen-bond acceptors (Lipinski definition) is 3. The predicted octanol–water partition coefficient (Wildman–Crippen LogP) is -2.25. The van der Waals surface area contributed by atoms with E-state index < -0.39 is 0 Å². The first kappa shape index (κ1) is 33.6. The van der Waals surface area contributed by atoms with Crippen LogP contribution in [0.3, 0.4) is 0 Å². The van der Waals surface area contributed by atoms with E-state index in [1.165, 1.54) is 33.4 Å². The van der Waals surface area contributed by atoms with Gasteiger partial charge < -0.3 is 37.2 Å². The van der Waals surface area contributed by atoms with Crippen molar-refractivity contribution in [3.05, 3.63) is 86.7 Å². The number of pyridine rings is 1. The third-order valence-electron chi connectivity index (χ3n) is 4.93. The molecular weight excluding hydrogens is 512 g/mol. The van der Waals surface area contributed by atoms with E-state index in [2.05, 4.69) is 72.7 Å². The molecule has 0 saturated carbocycles. The molecule has 2 aromatic carbocycles. The zero-order valence-electron chi connectivity index (χ0n) is 20.0. The van der Waals surface area contributed by atoms with Crippen molar-refractivity contribution < 1.29 is 55.8 Å². The molecule has 0 bridgehead atoms. The number of benzene rings is 2. The van der Waals surface area contributed by atoms with Crippen LogP contribution in [0.5, 0.6) is 0 Å². The van der Waals surface area contributed by atoms with Crippen molar-refractivity contribution in [1.29, 1.82) is 0 Å². The van der Waals surface area contributed by atoms with E-state index in [1.807, 2.05) is 24.6 Å². The predicted molar refractivity (Wildman–Crippen MR) is 125 cm³/mol. The van der Waals surface area contributed by atoms with Crippen molar-refractivity contribution in [2.24, 2.45) is 9.98 Å². The van der Waals surface area contributed by atoms with Gasteiger partial charge in [-0.1, -0.05) is 35.4 Å². The smallest absolute Gasteiger partial charge is 0.0823 e. The van der Waals surface area contributed by atoms with Crippen molar-refractivity contribution >= 4 is 23.8 Å². The minimum Gasteiger partial charge on any atom is -1.00 e. The fourth-order valence-corrected chi connectivity index (χ4v) is 3.87. The molecule has 0 fully saturated rings. The van der Waals surface area contributed by atoms with Crippen LogP contribution in [0.15, 0.2) is 46.4 Å². The molecule has 177 valence electrons. The minimum absolute atomic E-state index is 0. The summed E-state index contributed by atoms with van der Waals surface area (Å²) in [6, 6.07) is 12.7. The Morgan fingerprint density at radius 1 is 0.515 bits per heavy atom. The van der Waals surface area contributed by atoms with Gasteiger partial charge in [0.1, 0.15) is 0 Å². The summed E-state index contributed by atoms with van der Waals surface area (Å²) in [5.41, 5.74) is 12.1. The molecule has 0 spiro atoms.